The van der Waals surface area contributed by atoms with Gasteiger partial charge in [-0.3, -0.25) is 0 Å². The lowest BCUT2D eigenvalue weighted by atomic mass is 9.77. The van der Waals surface area contributed by atoms with Crippen molar-refractivity contribution < 1.29 is 9.50 Å². The van der Waals surface area contributed by atoms with E-state index in [-0.39, 0.29) is 18.0 Å². The van der Waals surface area contributed by atoms with Crippen LogP contribution in [0.3, 0.4) is 0 Å². The van der Waals surface area contributed by atoms with E-state index in [1.165, 1.54) is 18.6 Å². The Morgan fingerprint density at radius 1 is 1.53 bits per heavy atom. The Hall–Kier alpha value is -0.640. The van der Waals surface area contributed by atoms with Gasteiger partial charge in [-0.15, -0.1) is 0 Å². The van der Waals surface area contributed by atoms with Gasteiger partial charge in [0, 0.05) is 17.1 Å². The molecule has 0 radical (unpaired) electrons. The van der Waals surface area contributed by atoms with Gasteiger partial charge in [0.2, 0.25) is 0 Å². The quantitative estimate of drug-likeness (QED) is 0.887. The van der Waals surface area contributed by atoms with Crippen molar-refractivity contribution in [3.8, 4) is 0 Å². The molecule has 0 aromatic heterocycles. The number of aliphatic hydroxyl groups excluding tert-OH is 1. The van der Waals surface area contributed by atoms with E-state index in [1.54, 1.807) is 6.07 Å². The van der Waals surface area contributed by atoms with Crippen LogP contribution in [0.5, 0.6) is 0 Å². The molecule has 2 N–H and O–H groups in total. The summed E-state index contributed by atoms with van der Waals surface area (Å²) in [7, 11) is 0. The highest BCUT2D eigenvalue weighted by molar-refractivity contribution is 6.31. The highest BCUT2D eigenvalue weighted by Gasteiger charge is 2.33. The highest BCUT2D eigenvalue weighted by Crippen LogP contribution is 2.32. The van der Waals surface area contributed by atoms with Crippen LogP contribution in [-0.2, 0) is 6.54 Å². The third-order valence-corrected chi connectivity index (χ3v) is 4.42. The van der Waals surface area contributed by atoms with Gasteiger partial charge in [0.25, 0.3) is 0 Å². The number of nitrogens with one attached hydrogen (secondary N) is 1. The molecule has 1 aliphatic carbocycles. The minimum absolute atomic E-state index is 0.115. The molecule has 0 spiro atoms. The maximum atomic E-state index is 13.2. The summed E-state index contributed by atoms with van der Waals surface area (Å²) in [6.45, 7) is 2.81. The zero-order valence-electron chi connectivity index (χ0n) is 11.3. The van der Waals surface area contributed by atoms with E-state index in [1.807, 2.05) is 0 Å². The molecular formula is C15H21ClFNO. The van der Waals surface area contributed by atoms with Gasteiger partial charge in [0.15, 0.2) is 0 Å². The Labute approximate surface area is 119 Å². The molecule has 0 aliphatic heterocycles. The SMILES string of the molecule is CC1CCCC(CO)(NCc2cc(F)ccc2Cl)C1. The third-order valence-electron chi connectivity index (χ3n) is 4.06. The zero-order chi connectivity index (χ0) is 13.9. The van der Waals surface area contributed by atoms with Crippen molar-refractivity contribution in [1.29, 1.82) is 0 Å². The molecule has 4 heteroatoms. The molecule has 1 fully saturated rings. The van der Waals surface area contributed by atoms with E-state index in [0.717, 1.165) is 24.8 Å². The van der Waals surface area contributed by atoms with E-state index in [2.05, 4.69) is 12.2 Å². The second kappa shape index (κ2) is 6.21. The van der Waals surface area contributed by atoms with Crippen molar-refractivity contribution in [2.45, 2.75) is 44.7 Å². The fourth-order valence-corrected chi connectivity index (χ4v) is 3.17. The Morgan fingerprint density at radius 3 is 3.00 bits per heavy atom. The van der Waals surface area contributed by atoms with Crippen LogP contribution in [0.25, 0.3) is 0 Å². The minimum atomic E-state index is -0.281. The maximum absolute atomic E-state index is 13.2. The van der Waals surface area contributed by atoms with Gasteiger partial charge in [-0.1, -0.05) is 31.4 Å². The lowest BCUT2D eigenvalue weighted by molar-refractivity contribution is 0.0982. The van der Waals surface area contributed by atoms with Crippen LogP contribution in [-0.4, -0.2) is 17.3 Å². The number of aliphatic hydroxyl groups is 1. The molecule has 0 saturated heterocycles. The average molecular weight is 286 g/mol. The average Bonchev–Trinajstić information content (AvgIpc) is 2.40. The van der Waals surface area contributed by atoms with Crippen molar-refractivity contribution in [3.05, 3.63) is 34.6 Å². The number of hydrogen-bond donors (Lipinski definition) is 2. The first-order valence-electron chi connectivity index (χ1n) is 6.84. The zero-order valence-corrected chi connectivity index (χ0v) is 12.0. The van der Waals surface area contributed by atoms with Gasteiger partial charge in [-0.25, -0.2) is 4.39 Å². The van der Waals surface area contributed by atoms with Crippen LogP contribution in [0.4, 0.5) is 4.39 Å². The normalized spacial score (nSPS) is 27.5. The highest BCUT2D eigenvalue weighted by atomic mass is 35.5. The number of benzene rings is 1. The number of hydrogen-bond acceptors (Lipinski definition) is 2. The fraction of sp³-hybridized carbons (Fsp3) is 0.600. The molecule has 1 aromatic carbocycles. The molecule has 106 valence electrons. The van der Waals surface area contributed by atoms with Crippen LogP contribution in [0.1, 0.15) is 38.2 Å². The molecule has 2 atom stereocenters. The van der Waals surface area contributed by atoms with E-state index in [0.29, 0.717) is 17.5 Å². The molecule has 0 heterocycles. The molecule has 1 aliphatic rings. The Bertz CT molecular complexity index is 440. The Balaban J connectivity index is 2.05. The minimum Gasteiger partial charge on any atom is -0.394 e. The summed E-state index contributed by atoms with van der Waals surface area (Å²) in [5, 5.41) is 13.7. The first kappa shape index (κ1) is 14.8. The van der Waals surface area contributed by atoms with Crippen LogP contribution < -0.4 is 5.32 Å². The van der Waals surface area contributed by atoms with Crippen molar-refractivity contribution in [1.82, 2.24) is 5.32 Å². The molecule has 0 amide bonds. The topological polar surface area (TPSA) is 32.3 Å². The van der Waals surface area contributed by atoms with Crippen LogP contribution in [0.2, 0.25) is 5.02 Å². The molecule has 2 unspecified atom stereocenters. The van der Waals surface area contributed by atoms with Gasteiger partial charge in [0.1, 0.15) is 5.82 Å². The molecule has 1 saturated carbocycles. The van der Waals surface area contributed by atoms with Crippen molar-refractivity contribution in [3.63, 3.8) is 0 Å². The van der Waals surface area contributed by atoms with Crippen LogP contribution in [0, 0.1) is 11.7 Å². The van der Waals surface area contributed by atoms with Gasteiger partial charge < -0.3 is 10.4 Å². The summed E-state index contributed by atoms with van der Waals surface area (Å²) < 4.78 is 13.2. The van der Waals surface area contributed by atoms with E-state index < -0.39 is 0 Å². The monoisotopic (exact) mass is 285 g/mol. The second-order valence-corrected chi connectivity index (χ2v) is 6.14. The van der Waals surface area contributed by atoms with E-state index >= 15 is 0 Å². The first-order chi connectivity index (χ1) is 9.04. The van der Waals surface area contributed by atoms with Crippen LogP contribution in [0.15, 0.2) is 18.2 Å². The number of rotatable bonds is 4. The third kappa shape index (κ3) is 3.68. The summed E-state index contributed by atoms with van der Waals surface area (Å²) in [6, 6.07) is 4.38. The smallest absolute Gasteiger partial charge is 0.123 e. The summed E-state index contributed by atoms with van der Waals surface area (Å²) in [5.74, 6) is 0.327. The molecule has 0 bridgehead atoms. The summed E-state index contributed by atoms with van der Waals surface area (Å²) >= 11 is 6.06. The predicted octanol–water partition coefficient (Wildman–Crippen LogP) is 3.51. The number of halogens is 2. The van der Waals surface area contributed by atoms with Gasteiger partial charge >= 0.3 is 0 Å². The summed E-state index contributed by atoms with van der Waals surface area (Å²) in [4.78, 5) is 0. The van der Waals surface area contributed by atoms with Crippen molar-refractivity contribution >= 4 is 11.6 Å². The van der Waals surface area contributed by atoms with Crippen molar-refractivity contribution in [2.24, 2.45) is 5.92 Å². The Kier molecular flexibility index (Phi) is 4.82. The van der Waals surface area contributed by atoms with Crippen LogP contribution >= 0.6 is 11.6 Å². The maximum Gasteiger partial charge on any atom is 0.123 e. The largest absolute Gasteiger partial charge is 0.394 e. The summed E-state index contributed by atoms with van der Waals surface area (Å²) in [6.07, 6.45) is 4.24. The van der Waals surface area contributed by atoms with E-state index in [9.17, 15) is 9.50 Å². The lowest BCUT2D eigenvalue weighted by Gasteiger charge is -2.39. The molecule has 1 aromatic rings. The second-order valence-electron chi connectivity index (χ2n) is 5.73. The lowest BCUT2D eigenvalue weighted by Crippen LogP contribution is -2.51. The van der Waals surface area contributed by atoms with Gasteiger partial charge in [0.05, 0.1) is 6.61 Å². The standard InChI is InChI=1S/C15H21ClFNO/c1-11-3-2-6-15(8-11,10-19)18-9-12-7-13(17)4-5-14(12)16/h4-5,7,11,18-19H,2-3,6,8-10H2,1H3. The summed E-state index contributed by atoms with van der Waals surface area (Å²) in [5.41, 5.74) is 0.501. The first-order valence-corrected chi connectivity index (χ1v) is 7.22. The fourth-order valence-electron chi connectivity index (χ4n) is 2.98. The molecular weight excluding hydrogens is 265 g/mol. The Morgan fingerprint density at radius 2 is 2.32 bits per heavy atom. The predicted molar refractivity (Wildman–Crippen MR) is 75.7 cm³/mol. The van der Waals surface area contributed by atoms with Crippen molar-refractivity contribution in [2.75, 3.05) is 6.61 Å². The van der Waals surface area contributed by atoms with E-state index in [4.69, 9.17) is 11.6 Å². The van der Waals surface area contributed by atoms with Gasteiger partial charge in [-0.05, 0) is 42.5 Å². The molecule has 2 nitrogen and oxygen atoms in total. The molecule has 2 rings (SSSR count). The van der Waals surface area contributed by atoms with Gasteiger partial charge in [-0.2, -0.15) is 0 Å². The molecule has 19 heavy (non-hydrogen) atoms.